The molecule has 1 aliphatic rings. The highest BCUT2D eigenvalue weighted by Crippen LogP contribution is 2.25. The molecule has 0 bridgehead atoms. The molecule has 0 aliphatic carbocycles. The van der Waals surface area contributed by atoms with E-state index in [1.807, 2.05) is 24.3 Å². The summed E-state index contributed by atoms with van der Waals surface area (Å²) in [5, 5.41) is 9.61. The van der Waals surface area contributed by atoms with Crippen LogP contribution in [0, 0.1) is 0 Å². The van der Waals surface area contributed by atoms with Gasteiger partial charge in [-0.25, -0.2) is 0 Å². The average molecular weight is 329 g/mol. The van der Waals surface area contributed by atoms with Gasteiger partial charge in [0, 0.05) is 25.2 Å². The normalized spacial score (nSPS) is 16.8. The molecule has 1 heterocycles. The van der Waals surface area contributed by atoms with Gasteiger partial charge in [0.15, 0.2) is 0 Å². The summed E-state index contributed by atoms with van der Waals surface area (Å²) in [5.41, 5.74) is 8.07. The summed E-state index contributed by atoms with van der Waals surface area (Å²) in [6, 6.07) is 7.35. The Morgan fingerprint density at radius 2 is 2.05 bits per heavy atom. The molecule has 1 fully saturated rings. The Morgan fingerprint density at radius 1 is 1.41 bits per heavy atom. The lowest BCUT2D eigenvalue weighted by molar-refractivity contribution is -0.144. The van der Waals surface area contributed by atoms with Gasteiger partial charge in [-0.05, 0) is 31.4 Å². The second kappa shape index (κ2) is 8.98. The van der Waals surface area contributed by atoms with E-state index in [2.05, 4.69) is 4.90 Å². The lowest BCUT2D eigenvalue weighted by Gasteiger charge is -2.33. The summed E-state index contributed by atoms with van der Waals surface area (Å²) in [6.45, 7) is 3.77. The van der Waals surface area contributed by atoms with Crippen LogP contribution in [0.25, 0.3) is 0 Å². The standard InChI is InChI=1S/C16H24N2O3.ClH/c1-2-21-16(20)14(17)11-12-5-3-4-6-15(12)18-9-7-13(19)8-10-18;/h3-6,13-14,19H,2,7-11,17H2,1H3;1H. The maximum atomic E-state index is 11.7. The molecule has 5 nitrogen and oxygen atoms in total. The molecule has 1 atom stereocenters. The maximum absolute atomic E-state index is 11.7. The number of nitrogens with two attached hydrogens (primary N) is 1. The second-order valence-corrected chi connectivity index (χ2v) is 5.41. The Labute approximate surface area is 137 Å². The molecule has 0 saturated carbocycles. The van der Waals surface area contributed by atoms with Crippen molar-refractivity contribution in [1.82, 2.24) is 0 Å². The van der Waals surface area contributed by atoms with Gasteiger partial charge in [0.05, 0.1) is 12.7 Å². The summed E-state index contributed by atoms with van der Waals surface area (Å²) >= 11 is 0. The van der Waals surface area contributed by atoms with Gasteiger partial charge in [-0.3, -0.25) is 4.79 Å². The van der Waals surface area contributed by atoms with E-state index in [1.165, 1.54) is 0 Å². The van der Waals surface area contributed by atoms with Crippen molar-refractivity contribution in [2.75, 3.05) is 24.6 Å². The van der Waals surface area contributed by atoms with Gasteiger partial charge in [0.1, 0.15) is 6.04 Å². The molecule has 6 heteroatoms. The number of piperidine rings is 1. The monoisotopic (exact) mass is 328 g/mol. The van der Waals surface area contributed by atoms with Crippen LogP contribution in [0.5, 0.6) is 0 Å². The largest absolute Gasteiger partial charge is 0.465 e. The van der Waals surface area contributed by atoms with Crippen molar-refractivity contribution in [2.24, 2.45) is 5.73 Å². The number of nitrogens with zero attached hydrogens (tertiary/aromatic N) is 1. The molecule has 124 valence electrons. The van der Waals surface area contributed by atoms with E-state index in [9.17, 15) is 9.90 Å². The smallest absolute Gasteiger partial charge is 0.323 e. The van der Waals surface area contributed by atoms with Gasteiger partial charge in [-0.2, -0.15) is 0 Å². The van der Waals surface area contributed by atoms with Gasteiger partial charge in [-0.15, -0.1) is 12.4 Å². The predicted octanol–water partition coefficient (Wildman–Crippen LogP) is 1.50. The van der Waals surface area contributed by atoms with Crippen LogP contribution in [0.15, 0.2) is 24.3 Å². The zero-order valence-electron chi connectivity index (χ0n) is 12.9. The number of benzene rings is 1. The van der Waals surface area contributed by atoms with Gasteiger partial charge in [0.25, 0.3) is 0 Å². The molecule has 0 amide bonds. The second-order valence-electron chi connectivity index (χ2n) is 5.41. The van der Waals surface area contributed by atoms with Gasteiger partial charge in [0.2, 0.25) is 0 Å². The number of hydrogen-bond donors (Lipinski definition) is 2. The van der Waals surface area contributed by atoms with Crippen LogP contribution in [-0.2, 0) is 16.0 Å². The molecule has 1 unspecified atom stereocenters. The highest BCUT2D eigenvalue weighted by atomic mass is 35.5. The van der Waals surface area contributed by atoms with E-state index in [1.54, 1.807) is 6.92 Å². The molecule has 0 aromatic heterocycles. The molecule has 1 aromatic rings. The Morgan fingerprint density at radius 3 is 2.68 bits per heavy atom. The SMILES string of the molecule is CCOC(=O)C(N)Cc1ccccc1N1CCC(O)CC1.Cl. The minimum atomic E-state index is -0.638. The van der Waals surface area contributed by atoms with E-state index in [-0.39, 0.29) is 24.5 Å². The molecule has 2 rings (SSSR count). The lowest BCUT2D eigenvalue weighted by atomic mass is 10.0. The number of rotatable bonds is 5. The molecule has 0 radical (unpaired) electrons. The summed E-state index contributed by atoms with van der Waals surface area (Å²) in [5.74, 6) is -0.360. The number of hydrogen-bond acceptors (Lipinski definition) is 5. The first kappa shape index (κ1) is 18.7. The lowest BCUT2D eigenvalue weighted by Crippen LogP contribution is -2.38. The van der Waals surface area contributed by atoms with Crippen LogP contribution < -0.4 is 10.6 Å². The summed E-state index contributed by atoms with van der Waals surface area (Å²) < 4.78 is 4.96. The Kier molecular flexibility index (Phi) is 7.65. The van der Waals surface area contributed by atoms with E-state index >= 15 is 0 Å². The fourth-order valence-electron chi connectivity index (χ4n) is 2.67. The maximum Gasteiger partial charge on any atom is 0.323 e. The van der Waals surface area contributed by atoms with Crippen molar-refractivity contribution in [3.63, 3.8) is 0 Å². The zero-order valence-corrected chi connectivity index (χ0v) is 13.7. The number of anilines is 1. The molecule has 1 saturated heterocycles. The van der Waals surface area contributed by atoms with E-state index in [0.29, 0.717) is 13.0 Å². The molecule has 3 N–H and O–H groups in total. The van der Waals surface area contributed by atoms with Crippen LogP contribution in [0.3, 0.4) is 0 Å². The van der Waals surface area contributed by atoms with Gasteiger partial charge >= 0.3 is 5.97 Å². The molecule has 1 aromatic carbocycles. The number of esters is 1. The molecule has 1 aliphatic heterocycles. The first-order chi connectivity index (χ1) is 10.1. The third kappa shape index (κ3) is 4.87. The number of para-hydroxylation sites is 1. The Bertz CT molecular complexity index is 476. The van der Waals surface area contributed by atoms with Crippen LogP contribution >= 0.6 is 12.4 Å². The van der Waals surface area contributed by atoms with Crippen molar-refractivity contribution in [1.29, 1.82) is 0 Å². The van der Waals surface area contributed by atoms with Crippen LogP contribution in [0.2, 0.25) is 0 Å². The third-order valence-electron chi connectivity index (χ3n) is 3.83. The Hall–Kier alpha value is -1.30. The molecule has 22 heavy (non-hydrogen) atoms. The topological polar surface area (TPSA) is 75.8 Å². The number of carbonyl (C=O) groups is 1. The molecule has 0 spiro atoms. The summed E-state index contributed by atoms with van der Waals surface area (Å²) in [7, 11) is 0. The van der Waals surface area contributed by atoms with Crippen molar-refractivity contribution >= 4 is 24.1 Å². The Balaban J connectivity index is 0.00000242. The van der Waals surface area contributed by atoms with E-state index in [0.717, 1.165) is 37.2 Å². The quantitative estimate of drug-likeness (QED) is 0.801. The molecular formula is C16H25ClN2O3. The zero-order chi connectivity index (χ0) is 15.2. The first-order valence-corrected chi connectivity index (χ1v) is 7.55. The number of carbonyl (C=O) groups excluding carboxylic acids is 1. The highest BCUT2D eigenvalue weighted by molar-refractivity contribution is 5.85. The van der Waals surface area contributed by atoms with Crippen molar-refractivity contribution in [3.05, 3.63) is 29.8 Å². The van der Waals surface area contributed by atoms with Gasteiger partial charge < -0.3 is 20.5 Å². The van der Waals surface area contributed by atoms with Crippen LogP contribution in [0.4, 0.5) is 5.69 Å². The average Bonchev–Trinajstić information content (AvgIpc) is 2.49. The highest BCUT2D eigenvalue weighted by Gasteiger charge is 2.21. The van der Waals surface area contributed by atoms with Crippen molar-refractivity contribution in [2.45, 2.75) is 38.3 Å². The molecular weight excluding hydrogens is 304 g/mol. The van der Waals surface area contributed by atoms with E-state index < -0.39 is 6.04 Å². The number of ether oxygens (including phenoxy) is 1. The number of halogens is 1. The van der Waals surface area contributed by atoms with Crippen LogP contribution in [-0.4, -0.2) is 42.9 Å². The number of aliphatic hydroxyl groups is 1. The van der Waals surface area contributed by atoms with Gasteiger partial charge in [-0.1, -0.05) is 18.2 Å². The third-order valence-corrected chi connectivity index (χ3v) is 3.83. The minimum absolute atomic E-state index is 0. The minimum Gasteiger partial charge on any atom is -0.465 e. The van der Waals surface area contributed by atoms with Crippen molar-refractivity contribution in [3.8, 4) is 0 Å². The number of aliphatic hydroxyl groups excluding tert-OH is 1. The summed E-state index contributed by atoms with van der Waals surface area (Å²) in [6.07, 6.45) is 1.82. The first-order valence-electron chi connectivity index (χ1n) is 7.55. The predicted molar refractivity (Wildman–Crippen MR) is 89.5 cm³/mol. The fourth-order valence-corrected chi connectivity index (χ4v) is 2.67. The van der Waals surface area contributed by atoms with Crippen LogP contribution in [0.1, 0.15) is 25.3 Å². The van der Waals surface area contributed by atoms with E-state index in [4.69, 9.17) is 10.5 Å². The van der Waals surface area contributed by atoms with Crippen molar-refractivity contribution < 1.29 is 14.6 Å². The fraction of sp³-hybridized carbons (Fsp3) is 0.562. The summed E-state index contributed by atoms with van der Waals surface area (Å²) in [4.78, 5) is 13.9.